The first-order valence-corrected chi connectivity index (χ1v) is 8.31. The Hall–Kier alpha value is -2.96. The van der Waals surface area contributed by atoms with Crippen molar-refractivity contribution in [2.75, 3.05) is 0 Å². The lowest BCUT2D eigenvalue weighted by atomic mass is 10.1. The molecule has 1 N–H and O–H groups in total. The molecule has 1 aromatic carbocycles. The highest BCUT2D eigenvalue weighted by Crippen LogP contribution is 2.17. The van der Waals surface area contributed by atoms with Crippen LogP contribution in [0.1, 0.15) is 37.3 Å². The summed E-state index contributed by atoms with van der Waals surface area (Å²) in [4.78, 5) is 16.6. The lowest BCUT2D eigenvalue weighted by molar-refractivity contribution is -0.121. The number of aryl methyl sites for hydroxylation is 2. The second kappa shape index (κ2) is 7.74. The van der Waals surface area contributed by atoms with E-state index in [2.05, 4.69) is 20.6 Å². The molecule has 1 amide bonds. The van der Waals surface area contributed by atoms with Crippen LogP contribution in [0.5, 0.6) is 0 Å². The second-order valence-electron chi connectivity index (χ2n) is 5.85. The van der Waals surface area contributed by atoms with E-state index in [1.54, 1.807) is 10.9 Å². The van der Waals surface area contributed by atoms with Crippen molar-refractivity contribution < 1.29 is 9.32 Å². The summed E-state index contributed by atoms with van der Waals surface area (Å²) in [7, 11) is 1.86. The van der Waals surface area contributed by atoms with Crippen LogP contribution < -0.4 is 5.32 Å². The van der Waals surface area contributed by atoms with Gasteiger partial charge in [0.1, 0.15) is 0 Å². The van der Waals surface area contributed by atoms with E-state index in [-0.39, 0.29) is 11.9 Å². The monoisotopic (exact) mass is 339 g/mol. The van der Waals surface area contributed by atoms with Crippen LogP contribution in [0.2, 0.25) is 0 Å². The molecule has 2 heterocycles. The number of aromatic nitrogens is 4. The third-order valence-corrected chi connectivity index (χ3v) is 3.94. The fourth-order valence-electron chi connectivity index (χ4n) is 2.59. The van der Waals surface area contributed by atoms with Crippen LogP contribution in [0.15, 0.2) is 47.2 Å². The zero-order valence-corrected chi connectivity index (χ0v) is 14.3. The van der Waals surface area contributed by atoms with Crippen LogP contribution in [0, 0.1) is 0 Å². The molecule has 0 aliphatic rings. The van der Waals surface area contributed by atoms with Gasteiger partial charge in [0.15, 0.2) is 0 Å². The summed E-state index contributed by atoms with van der Waals surface area (Å²) in [5.74, 6) is 0.955. The van der Waals surface area contributed by atoms with Gasteiger partial charge in [0.2, 0.25) is 17.6 Å². The number of nitrogens with one attached hydrogen (secondary N) is 1. The van der Waals surface area contributed by atoms with Gasteiger partial charge in [-0.25, -0.2) is 0 Å². The summed E-state index contributed by atoms with van der Waals surface area (Å²) in [5.41, 5.74) is 1.90. The molecular formula is C18H21N5O2. The molecule has 130 valence electrons. The van der Waals surface area contributed by atoms with Crippen molar-refractivity contribution in [1.29, 1.82) is 0 Å². The van der Waals surface area contributed by atoms with E-state index < -0.39 is 0 Å². The summed E-state index contributed by atoms with van der Waals surface area (Å²) in [6, 6.07) is 9.57. The van der Waals surface area contributed by atoms with Gasteiger partial charge in [-0.3, -0.25) is 9.48 Å². The maximum absolute atomic E-state index is 12.2. The molecular weight excluding hydrogens is 318 g/mol. The number of amides is 1. The fourth-order valence-corrected chi connectivity index (χ4v) is 2.59. The first kappa shape index (κ1) is 16.9. The van der Waals surface area contributed by atoms with E-state index in [1.165, 1.54) is 0 Å². The smallest absolute Gasteiger partial charge is 0.227 e. The molecule has 0 fully saturated rings. The number of rotatable bonds is 7. The minimum absolute atomic E-state index is 0.0382. The van der Waals surface area contributed by atoms with E-state index in [9.17, 15) is 4.79 Å². The van der Waals surface area contributed by atoms with Gasteiger partial charge in [0.25, 0.3) is 0 Å². The van der Waals surface area contributed by atoms with Crippen molar-refractivity contribution in [3.05, 3.63) is 54.2 Å². The van der Waals surface area contributed by atoms with Crippen LogP contribution in [0.3, 0.4) is 0 Å². The van der Waals surface area contributed by atoms with E-state index in [0.717, 1.165) is 17.5 Å². The highest BCUT2D eigenvalue weighted by atomic mass is 16.5. The van der Waals surface area contributed by atoms with E-state index >= 15 is 0 Å². The van der Waals surface area contributed by atoms with Gasteiger partial charge in [-0.05, 0) is 6.42 Å². The normalized spacial score (nSPS) is 12.1. The predicted molar refractivity (Wildman–Crippen MR) is 92.4 cm³/mol. The molecule has 25 heavy (non-hydrogen) atoms. The molecule has 3 aromatic rings. The van der Waals surface area contributed by atoms with Crippen molar-refractivity contribution in [2.24, 2.45) is 7.05 Å². The Kier molecular flexibility index (Phi) is 5.23. The lowest BCUT2D eigenvalue weighted by Crippen LogP contribution is -2.28. The minimum atomic E-state index is -0.0461. The molecule has 0 saturated heterocycles. The maximum atomic E-state index is 12.2. The SMILES string of the molecule is CC[C@@H](NC(=O)CCc1nc(-c2ccccc2)no1)c1cnn(C)c1. The van der Waals surface area contributed by atoms with Crippen molar-refractivity contribution in [3.8, 4) is 11.4 Å². The van der Waals surface area contributed by atoms with E-state index in [4.69, 9.17) is 4.52 Å². The van der Waals surface area contributed by atoms with Crippen molar-refractivity contribution in [1.82, 2.24) is 25.2 Å². The van der Waals surface area contributed by atoms with Gasteiger partial charge in [-0.15, -0.1) is 0 Å². The Labute approximate surface area is 146 Å². The van der Waals surface area contributed by atoms with Crippen LogP contribution >= 0.6 is 0 Å². The molecule has 0 bridgehead atoms. The molecule has 0 aliphatic heterocycles. The quantitative estimate of drug-likeness (QED) is 0.715. The molecule has 0 spiro atoms. The number of carbonyl (C=O) groups excluding carboxylic acids is 1. The van der Waals surface area contributed by atoms with E-state index in [0.29, 0.717) is 24.6 Å². The van der Waals surface area contributed by atoms with Crippen LogP contribution in [-0.4, -0.2) is 25.8 Å². The Morgan fingerprint density at radius 2 is 2.12 bits per heavy atom. The zero-order valence-electron chi connectivity index (χ0n) is 14.3. The van der Waals surface area contributed by atoms with Crippen molar-refractivity contribution in [2.45, 2.75) is 32.2 Å². The summed E-state index contributed by atoms with van der Waals surface area (Å²) in [6.45, 7) is 2.03. The summed E-state index contributed by atoms with van der Waals surface area (Å²) in [5, 5.41) is 11.1. The minimum Gasteiger partial charge on any atom is -0.349 e. The summed E-state index contributed by atoms with van der Waals surface area (Å²) < 4.78 is 6.96. The van der Waals surface area contributed by atoms with Gasteiger partial charge in [0, 0.05) is 37.2 Å². The molecule has 7 heteroatoms. The Balaban J connectivity index is 1.55. The Morgan fingerprint density at radius 3 is 2.80 bits per heavy atom. The number of nitrogens with zero attached hydrogens (tertiary/aromatic N) is 4. The molecule has 7 nitrogen and oxygen atoms in total. The molecule has 3 rings (SSSR count). The molecule has 2 aromatic heterocycles. The van der Waals surface area contributed by atoms with Crippen LogP contribution in [0.25, 0.3) is 11.4 Å². The van der Waals surface area contributed by atoms with Crippen molar-refractivity contribution >= 4 is 5.91 Å². The summed E-state index contributed by atoms with van der Waals surface area (Å²) >= 11 is 0. The fraction of sp³-hybridized carbons (Fsp3) is 0.333. The van der Waals surface area contributed by atoms with Crippen LogP contribution in [-0.2, 0) is 18.3 Å². The van der Waals surface area contributed by atoms with E-state index in [1.807, 2.05) is 50.5 Å². The van der Waals surface area contributed by atoms with Crippen molar-refractivity contribution in [3.63, 3.8) is 0 Å². The van der Waals surface area contributed by atoms with Gasteiger partial charge in [0.05, 0.1) is 12.2 Å². The largest absolute Gasteiger partial charge is 0.349 e. The van der Waals surface area contributed by atoms with Gasteiger partial charge in [-0.2, -0.15) is 10.1 Å². The number of benzene rings is 1. The molecule has 0 saturated carbocycles. The average molecular weight is 339 g/mol. The number of hydrogen-bond acceptors (Lipinski definition) is 5. The predicted octanol–water partition coefficient (Wildman–Crippen LogP) is 2.67. The summed E-state index contributed by atoms with van der Waals surface area (Å²) in [6.07, 6.45) is 5.20. The number of hydrogen-bond donors (Lipinski definition) is 1. The first-order valence-electron chi connectivity index (χ1n) is 8.31. The third-order valence-electron chi connectivity index (χ3n) is 3.94. The van der Waals surface area contributed by atoms with Crippen LogP contribution in [0.4, 0.5) is 0 Å². The average Bonchev–Trinajstić information content (AvgIpc) is 3.28. The van der Waals surface area contributed by atoms with Gasteiger partial charge < -0.3 is 9.84 Å². The Morgan fingerprint density at radius 1 is 1.32 bits per heavy atom. The maximum Gasteiger partial charge on any atom is 0.227 e. The molecule has 1 atom stereocenters. The van der Waals surface area contributed by atoms with Gasteiger partial charge in [-0.1, -0.05) is 42.4 Å². The molecule has 0 aliphatic carbocycles. The second-order valence-corrected chi connectivity index (χ2v) is 5.85. The standard InChI is InChI=1S/C18H21N5O2/c1-3-15(14-11-19-23(2)12-14)20-16(24)9-10-17-21-18(22-25-17)13-7-5-4-6-8-13/h4-8,11-12,15H,3,9-10H2,1-2H3,(H,20,24)/t15-/m1/s1. The van der Waals surface area contributed by atoms with Gasteiger partial charge >= 0.3 is 0 Å². The lowest BCUT2D eigenvalue weighted by Gasteiger charge is -2.14. The Bertz CT molecular complexity index is 825. The zero-order chi connectivity index (χ0) is 17.6. The highest BCUT2D eigenvalue weighted by molar-refractivity contribution is 5.76. The molecule has 0 unspecified atom stereocenters. The first-order chi connectivity index (χ1) is 12.2. The third kappa shape index (κ3) is 4.32. The highest BCUT2D eigenvalue weighted by Gasteiger charge is 2.15. The molecule has 0 radical (unpaired) electrons. The topological polar surface area (TPSA) is 85.8 Å². The number of carbonyl (C=O) groups is 1.